The summed E-state index contributed by atoms with van der Waals surface area (Å²) in [6.45, 7) is 4.54. The molecule has 0 heterocycles. The minimum atomic E-state index is -0.884. The summed E-state index contributed by atoms with van der Waals surface area (Å²) >= 11 is 0. The fourth-order valence-electron chi connectivity index (χ4n) is 5.84. The number of hydrogen-bond acceptors (Lipinski definition) is 6. The molecule has 8 heteroatoms. The van der Waals surface area contributed by atoms with Crippen molar-refractivity contribution >= 4 is 17.9 Å². The van der Waals surface area contributed by atoms with E-state index in [9.17, 15) is 19.5 Å². The summed E-state index contributed by atoms with van der Waals surface area (Å²) in [4.78, 5) is 36.9. The molecule has 0 spiro atoms. The summed E-state index contributed by atoms with van der Waals surface area (Å²) in [6, 6.07) is -0.623. The van der Waals surface area contributed by atoms with Crippen LogP contribution >= 0.6 is 0 Å². The van der Waals surface area contributed by atoms with Gasteiger partial charge in [0.15, 0.2) is 12.1 Å². The molecule has 310 valence electrons. The zero-order chi connectivity index (χ0) is 40.0. The van der Waals surface area contributed by atoms with Crippen molar-refractivity contribution in [1.82, 2.24) is 0 Å². The number of rotatable bonds is 37. The van der Waals surface area contributed by atoms with Crippen LogP contribution in [0.25, 0.3) is 0 Å². The lowest BCUT2D eigenvalue weighted by Crippen LogP contribution is -2.50. The minimum Gasteiger partial charge on any atom is -0.477 e. The van der Waals surface area contributed by atoms with E-state index >= 15 is 0 Å². The number of likely N-dealkylation sites (N-methyl/N-ethyl adjacent to an activating group) is 1. The predicted molar refractivity (Wildman–Crippen MR) is 224 cm³/mol. The van der Waals surface area contributed by atoms with E-state index in [0.717, 1.165) is 77.0 Å². The molecule has 1 N–H and O–H groups in total. The van der Waals surface area contributed by atoms with Gasteiger partial charge in [-0.05, 0) is 77.0 Å². The first kappa shape index (κ1) is 51.0. The molecule has 0 aliphatic carbocycles. The van der Waals surface area contributed by atoms with E-state index in [1.807, 2.05) is 21.1 Å². The third kappa shape index (κ3) is 34.8. The van der Waals surface area contributed by atoms with Gasteiger partial charge in [0.2, 0.25) is 0 Å². The second kappa shape index (κ2) is 37.0. The fourth-order valence-corrected chi connectivity index (χ4v) is 5.84. The first-order valence-electron chi connectivity index (χ1n) is 21.3. The van der Waals surface area contributed by atoms with Gasteiger partial charge in [0, 0.05) is 19.3 Å². The summed E-state index contributed by atoms with van der Waals surface area (Å²) in [5, 5.41) is 9.60. The Hall–Kier alpha value is -2.97. The van der Waals surface area contributed by atoms with Crippen LogP contribution in [0.1, 0.15) is 162 Å². The number of hydrogen-bond donors (Lipinski definition) is 1. The van der Waals surface area contributed by atoms with Gasteiger partial charge in [-0.3, -0.25) is 9.59 Å². The largest absolute Gasteiger partial charge is 0.477 e. The zero-order valence-electron chi connectivity index (χ0n) is 35.2. The number of unbranched alkanes of at least 4 members (excludes halogenated alkanes) is 13. The van der Waals surface area contributed by atoms with Crippen LogP contribution in [0.15, 0.2) is 60.8 Å². The lowest BCUT2D eigenvalue weighted by atomic mass is 10.1. The highest BCUT2D eigenvalue weighted by atomic mass is 16.6. The lowest BCUT2D eigenvalue weighted by Gasteiger charge is -2.31. The minimum absolute atomic E-state index is 0.0442. The van der Waals surface area contributed by atoms with Crippen LogP contribution in [0.2, 0.25) is 0 Å². The molecule has 0 radical (unpaired) electrons. The van der Waals surface area contributed by atoms with E-state index in [4.69, 9.17) is 14.2 Å². The van der Waals surface area contributed by atoms with Gasteiger partial charge in [-0.2, -0.15) is 0 Å². The molecule has 0 saturated heterocycles. The van der Waals surface area contributed by atoms with Crippen LogP contribution in [0.3, 0.4) is 0 Å². The molecule has 0 aliphatic heterocycles. The molecule has 0 rings (SSSR count). The number of carbonyl (C=O) groups excluding carboxylic acids is 2. The third-order valence-corrected chi connectivity index (χ3v) is 9.15. The van der Waals surface area contributed by atoms with Crippen molar-refractivity contribution in [1.29, 1.82) is 0 Å². The Balaban J connectivity index is 4.41. The van der Waals surface area contributed by atoms with E-state index in [0.29, 0.717) is 19.3 Å². The molecule has 0 aromatic carbocycles. The molecule has 0 fully saturated rings. The quantitative estimate of drug-likeness (QED) is 0.0291. The molecule has 0 amide bonds. The fraction of sp³-hybridized carbons (Fsp3) is 0.717. The van der Waals surface area contributed by atoms with Crippen molar-refractivity contribution in [3.05, 3.63) is 60.8 Å². The van der Waals surface area contributed by atoms with Crippen molar-refractivity contribution in [3.63, 3.8) is 0 Å². The number of nitrogens with zero attached hydrogens (tertiary/aromatic N) is 1. The van der Waals surface area contributed by atoms with E-state index in [1.165, 1.54) is 51.4 Å². The summed E-state index contributed by atoms with van der Waals surface area (Å²) in [7, 11) is 5.50. The van der Waals surface area contributed by atoms with Crippen LogP contribution in [-0.4, -0.2) is 80.6 Å². The maximum atomic E-state index is 12.7. The Morgan fingerprint density at radius 1 is 0.574 bits per heavy atom. The van der Waals surface area contributed by atoms with Crippen LogP contribution in [0.5, 0.6) is 0 Å². The average molecular weight is 759 g/mol. The molecule has 54 heavy (non-hydrogen) atoms. The van der Waals surface area contributed by atoms with E-state index in [1.54, 1.807) is 0 Å². The SMILES string of the molecule is CC/C=C\C/C=C\C/C=C\CCCCCC(=O)OC(COCCC(C(=O)O)[N+](C)(C)C)COC(=O)CCCCCCCCC/C=C\C/C=C\CCCCC. The van der Waals surface area contributed by atoms with Crippen molar-refractivity contribution < 1.29 is 38.2 Å². The second-order valence-corrected chi connectivity index (χ2v) is 15.2. The summed E-state index contributed by atoms with van der Waals surface area (Å²) in [5.41, 5.74) is 0. The van der Waals surface area contributed by atoms with Crippen molar-refractivity contribution in [3.8, 4) is 0 Å². The molecule has 0 bridgehead atoms. The van der Waals surface area contributed by atoms with Gasteiger partial charge in [-0.1, -0.05) is 126 Å². The Morgan fingerprint density at radius 2 is 1.04 bits per heavy atom. The number of carboxylic acids is 1. The second-order valence-electron chi connectivity index (χ2n) is 15.2. The number of carbonyl (C=O) groups is 3. The average Bonchev–Trinajstić information content (AvgIpc) is 3.12. The normalized spacial score (nSPS) is 13.6. The van der Waals surface area contributed by atoms with Gasteiger partial charge >= 0.3 is 17.9 Å². The number of quaternary nitrogens is 1. The highest BCUT2D eigenvalue weighted by Crippen LogP contribution is 2.13. The number of allylic oxidation sites excluding steroid dienone is 10. The van der Waals surface area contributed by atoms with Crippen molar-refractivity contribution in [2.24, 2.45) is 0 Å². The molecular weight excluding hydrogens is 679 g/mol. The maximum Gasteiger partial charge on any atom is 0.362 e. The Kier molecular flexibility index (Phi) is 34.9. The lowest BCUT2D eigenvalue weighted by molar-refractivity contribution is -0.887. The zero-order valence-corrected chi connectivity index (χ0v) is 35.2. The van der Waals surface area contributed by atoms with Crippen LogP contribution in [0, 0.1) is 0 Å². The maximum absolute atomic E-state index is 12.7. The summed E-state index contributed by atoms with van der Waals surface area (Å²) in [5.74, 6) is -1.52. The van der Waals surface area contributed by atoms with Gasteiger partial charge in [0.1, 0.15) is 6.61 Å². The molecule has 0 aromatic heterocycles. The highest BCUT2D eigenvalue weighted by molar-refractivity contribution is 5.72. The van der Waals surface area contributed by atoms with Gasteiger partial charge < -0.3 is 23.8 Å². The number of carboxylic acid groups (broad SMARTS) is 1. The molecule has 2 atom stereocenters. The van der Waals surface area contributed by atoms with Gasteiger partial charge in [0.25, 0.3) is 0 Å². The predicted octanol–water partition coefficient (Wildman–Crippen LogP) is 11.4. The third-order valence-electron chi connectivity index (χ3n) is 9.15. The molecule has 0 saturated carbocycles. The Morgan fingerprint density at radius 3 is 1.56 bits per heavy atom. The van der Waals surface area contributed by atoms with E-state index in [2.05, 4.69) is 74.6 Å². The Labute approximate surface area is 330 Å². The molecule has 2 unspecified atom stereocenters. The summed E-state index contributed by atoms with van der Waals surface area (Å²) in [6.07, 6.45) is 44.0. The number of esters is 2. The van der Waals surface area contributed by atoms with Crippen LogP contribution in [0.4, 0.5) is 0 Å². The molecule has 0 aliphatic rings. The van der Waals surface area contributed by atoms with E-state index < -0.39 is 18.1 Å². The monoisotopic (exact) mass is 759 g/mol. The topological polar surface area (TPSA) is 99.1 Å². The molecule has 0 aromatic rings. The molecular formula is C46H80NO7+. The summed E-state index contributed by atoms with van der Waals surface area (Å²) < 4.78 is 17.2. The smallest absolute Gasteiger partial charge is 0.362 e. The Bertz CT molecular complexity index is 1070. The van der Waals surface area contributed by atoms with Crippen molar-refractivity contribution in [2.45, 2.75) is 174 Å². The number of ether oxygens (including phenoxy) is 3. The first-order valence-corrected chi connectivity index (χ1v) is 21.3. The van der Waals surface area contributed by atoms with Crippen LogP contribution < -0.4 is 0 Å². The number of aliphatic carboxylic acids is 1. The van der Waals surface area contributed by atoms with E-state index in [-0.39, 0.29) is 36.2 Å². The van der Waals surface area contributed by atoms with Gasteiger partial charge in [0.05, 0.1) is 34.4 Å². The van der Waals surface area contributed by atoms with Crippen LogP contribution in [-0.2, 0) is 28.6 Å². The standard InChI is InChI=1S/C46H79NO7/c1-6-8-10-12-14-16-18-20-21-22-23-25-26-28-30-32-34-36-44(48)53-41-42(40-52-39-38-43(46(50)51)47(3,4)5)54-45(49)37-35-33-31-29-27-24-19-17-15-13-11-9-7-2/h9,11,14-17,20-21,24,27,42-43H,6-8,10,12-13,18-19,22-23,25-26,28-41H2,1-5H3/p+1/b11-9-,16-14-,17-15-,21-20-,27-24-. The first-order chi connectivity index (χ1) is 26.1. The van der Waals surface area contributed by atoms with Gasteiger partial charge in [-0.15, -0.1) is 0 Å². The molecule has 8 nitrogen and oxygen atoms in total. The highest BCUT2D eigenvalue weighted by Gasteiger charge is 2.31. The van der Waals surface area contributed by atoms with Crippen molar-refractivity contribution in [2.75, 3.05) is 41.0 Å². The van der Waals surface area contributed by atoms with Gasteiger partial charge in [-0.25, -0.2) is 4.79 Å².